The first-order chi connectivity index (χ1) is 14.4. The molecule has 1 aliphatic heterocycles. The lowest BCUT2D eigenvalue weighted by molar-refractivity contribution is -0.192. The molecule has 1 saturated heterocycles. The van der Waals surface area contributed by atoms with E-state index in [-0.39, 0.29) is 0 Å². The van der Waals surface area contributed by atoms with Crippen molar-refractivity contribution in [3.63, 3.8) is 0 Å². The number of piperidine rings is 1. The van der Waals surface area contributed by atoms with E-state index in [0.29, 0.717) is 11.5 Å². The van der Waals surface area contributed by atoms with Crippen LogP contribution in [0, 0.1) is 12.3 Å². The second kappa shape index (κ2) is 10.0. The molecule has 3 heterocycles. The number of hydrogen-bond acceptors (Lipinski definition) is 6. The summed E-state index contributed by atoms with van der Waals surface area (Å²) in [4.78, 5) is 24.8. The standard InChI is InChI=1S/C19H27N5.C2HF3O2/c1-14-22-16(15-8-5-6-10-20-15)12-18(23-14)21-13-17-19(2,3)9-7-11-24(17)4;3-2(4,5)1(6)7/h5-6,8,10,12,17H,7,9,11,13H2,1-4H3,(H,21,22,23);(H,6,7). The molecular formula is C21H28F3N5O2. The summed E-state index contributed by atoms with van der Waals surface area (Å²) in [6.45, 7) is 8.70. The number of aromatic nitrogens is 3. The maximum absolute atomic E-state index is 10.6. The highest BCUT2D eigenvalue weighted by Crippen LogP contribution is 2.34. The largest absolute Gasteiger partial charge is 0.490 e. The SMILES string of the molecule is Cc1nc(NCC2N(C)CCCC2(C)C)cc(-c2ccccn2)n1.O=C(O)C(F)(F)F. The van der Waals surface area contributed by atoms with Gasteiger partial charge in [0.15, 0.2) is 0 Å². The Morgan fingerprint density at radius 1 is 1.29 bits per heavy atom. The van der Waals surface area contributed by atoms with Gasteiger partial charge in [0, 0.05) is 24.8 Å². The summed E-state index contributed by atoms with van der Waals surface area (Å²) in [5.41, 5.74) is 2.05. The van der Waals surface area contributed by atoms with Crippen LogP contribution in [-0.2, 0) is 4.79 Å². The molecule has 0 aromatic carbocycles. The molecule has 3 rings (SSSR count). The fourth-order valence-corrected chi connectivity index (χ4v) is 3.64. The first-order valence-corrected chi connectivity index (χ1v) is 9.91. The highest BCUT2D eigenvalue weighted by atomic mass is 19.4. The van der Waals surface area contributed by atoms with E-state index in [0.717, 1.165) is 36.1 Å². The van der Waals surface area contributed by atoms with Crippen molar-refractivity contribution in [1.82, 2.24) is 19.9 Å². The lowest BCUT2D eigenvalue weighted by Crippen LogP contribution is -2.51. The monoisotopic (exact) mass is 439 g/mol. The number of anilines is 1. The molecule has 2 N–H and O–H groups in total. The summed E-state index contributed by atoms with van der Waals surface area (Å²) < 4.78 is 31.7. The molecule has 0 radical (unpaired) electrons. The number of aliphatic carboxylic acids is 1. The van der Waals surface area contributed by atoms with Crippen LogP contribution in [0.1, 0.15) is 32.5 Å². The molecule has 0 amide bonds. The van der Waals surface area contributed by atoms with Crippen LogP contribution in [-0.4, -0.2) is 63.3 Å². The molecule has 1 aliphatic rings. The van der Waals surface area contributed by atoms with Gasteiger partial charge in [0.05, 0.1) is 11.4 Å². The molecule has 2 aromatic heterocycles. The molecular weight excluding hydrogens is 411 g/mol. The number of pyridine rings is 1. The molecule has 1 fully saturated rings. The van der Waals surface area contributed by atoms with Gasteiger partial charge in [-0.1, -0.05) is 19.9 Å². The van der Waals surface area contributed by atoms with Crippen molar-refractivity contribution in [2.24, 2.45) is 5.41 Å². The summed E-state index contributed by atoms with van der Waals surface area (Å²) in [6.07, 6.45) is -0.749. The topological polar surface area (TPSA) is 91.2 Å². The minimum absolute atomic E-state index is 0.311. The molecule has 0 aliphatic carbocycles. The van der Waals surface area contributed by atoms with E-state index in [1.54, 1.807) is 6.20 Å². The lowest BCUT2D eigenvalue weighted by atomic mass is 9.76. The second-order valence-corrected chi connectivity index (χ2v) is 8.17. The van der Waals surface area contributed by atoms with Crippen molar-refractivity contribution in [2.75, 3.05) is 25.5 Å². The van der Waals surface area contributed by atoms with Crippen molar-refractivity contribution in [3.8, 4) is 11.4 Å². The van der Waals surface area contributed by atoms with Gasteiger partial charge >= 0.3 is 12.1 Å². The Labute approximate surface area is 179 Å². The smallest absolute Gasteiger partial charge is 0.475 e. The number of carbonyl (C=O) groups is 1. The van der Waals surface area contributed by atoms with E-state index in [4.69, 9.17) is 9.90 Å². The fourth-order valence-electron chi connectivity index (χ4n) is 3.64. The quantitative estimate of drug-likeness (QED) is 0.744. The highest BCUT2D eigenvalue weighted by Gasteiger charge is 2.38. The predicted octanol–water partition coefficient (Wildman–Crippen LogP) is 4.01. The summed E-state index contributed by atoms with van der Waals surface area (Å²) in [5.74, 6) is -1.12. The first kappa shape index (κ1) is 24.5. The summed E-state index contributed by atoms with van der Waals surface area (Å²) in [7, 11) is 2.22. The number of alkyl halides is 3. The fraction of sp³-hybridized carbons (Fsp3) is 0.524. The van der Waals surface area contributed by atoms with Crippen molar-refractivity contribution >= 4 is 11.8 Å². The van der Waals surface area contributed by atoms with Gasteiger partial charge in [-0.25, -0.2) is 14.8 Å². The van der Waals surface area contributed by atoms with Crippen LogP contribution >= 0.6 is 0 Å². The van der Waals surface area contributed by atoms with Crippen LogP contribution in [0.25, 0.3) is 11.4 Å². The van der Waals surface area contributed by atoms with Crippen LogP contribution in [0.5, 0.6) is 0 Å². The third-order valence-electron chi connectivity index (χ3n) is 5.25. The van der Waals surface area contributed by atoms with Gasteiger partial charge in [-0.3, -0.25) is 4.98 Å². The van der Waals surface area contributed by atoms with Crippen molar-refractivity contribution < 1.29 is 23.1 Å². The van der Waals surface area contributed by atoms with E-state index in [2.05, 4.69) is 46.1 Å². The normalized spacial score (nSPS) is 18.6. The zero-order valence-corrected chi connectivity index (χ0v) is 18.1. The molecule has 1 atom stereocenters. The van der Waals surface area contributed by atoms with Crippen LogP contribution in [0.4, 0.5) is 19.0 Å². The van der Waals surface area contributed by atoms with Gasteiger partial charge < -0.3 is 15.3 Å². The number of carboxylic acids is 1. The zero-order chi connectivity index (χ0) is 23.2. The second-order valence-electron chi connectivity index (χ2n) is 8.17. The number of hydrogen-bond donors (Lipinski definition) is 2. The van der Waals surface area contributed by atoms with E-state index in [9.17, 15) is 13.2 Å². The third kappa shape index (κ3) is 7.16. The molecule has 0 saturated carbocycles. The van der Waals surface area contributed by atoms with Crippen LogP contribution in [0.3, 0.4) is 0 Å². The predicted molar refractivity (Wildman–Crippen MR) is 112 cm³/mol. The van der Waals surface area contributed by atoms with E-state index in [1.807, 2.05) is 31.2 Å². The minimum atomic E-state index is -5.08. The molecule has 2 aromatic rings. The maximum atomic E-state index is 10.6. The molecule has 10 heteroatoms. The van der Waals surface area contributed by atoms with Crippen LogP contribution in [0.2, 0.25) is 0 Å². The van der Waals surface area contributed by atoms with Crippen LogP contribution in [0.15, 0.2) is 30.5 Å². The van der Waals surface area contributed by atoms with Gasteiger partial charge in [-0.15, -0.1) is 0 Å². The summed E-state index contributed by atoms with van der Waals surface area (Å²) >= 11 is 0. The number of likely N-dealkylation sites (N-methyl/N-ethyl adjacent to an activating group) is 1. The number of aryl methyl sites for hydroxylation is 1. The van der Waals surface area contributed by atoms with Gasteiger partial charge in [0.25, 0.3) is 0 Å². The number of nitrogens with one attached hydrogen (secondary N) is 1. The van der Waals surface area contributed by atoms with Gasteiger partial charge in [0.1, 0.15) is 11.6 Å². The Morgan fingerprint density at radius 2 is 1.97 bits per heavy atom. The first-order valence-electron chi connectivity index (χ1n) is 9.91. The van der Waals surface area contributed by atoms with Gasteiger partial charge in [-0.05, 0) is 50.9 Å². The molecule has 0 bridgehead atoms. The average molecular weight is 439 g/mol. The minimum Gasteiger partial charge on any atom is -0.475 e. The van der Waals surface area contributed by atoms with Gasteiger partial charge in [-0.2, -0.15) is 13.2 Å². The Bertz CT molecular complexity index is 875. The van der Waals surface area contributed by atoms with Crippen molar-refractivity contribution in [2.45, 2.75) is 45.8 Å². The summed E-state index contributed by atoms with van der Waals surface area (Å²) in [5, 5.41) is 10.7. The molecule has 7 nitrogen and oxygen atoms in total. The zero-order valence-electron chi connectivity index (χ0n) is 18.1. The Hall–Kier alpha value is -2.75. The van der Waals surface area contributed by atoms with Crippen molar-refractivity contribution in [1.29, 1.82) is 0 Å². The molecule has 1 unspecified atom stereocenters. The van der Waals surface area contributed by atoms with Crippen LogP contribution < -0.4 is 5.32 Å². The molecule has 0 spiro atoms. The molecule has 31 heavy (non-hydrogen) atoms. The van der Waals surface area contributed by atoms with Gasteiger partial charge in [0.2, 0.25) is 0 Å². The van der Waals surface area contributed by atoms with Crippen molar-refractivity contribution in [3.05, 3.63) is 36.3 Å². The number of nitrogens with zero attached hydrogens (tertiary/aromatic N) is 4. The summed E-state index contributed by atoms with van der Waals surface area (Å²) in [6, 6.07) is 8.36. The van der Waals surface area contributed by atoms with E-state index >= 15 is 0 Å². The number of carboxylic acid groups (broad SMARTS) is 1. The average Bonchev–Trinajstić information content (AvgIpc) is 2.67. The molecule has 170 valence electrons. The number of likely N-dealkylation sites (tertiary alicyclic amines) is 1. The van der Waals surface area contributed by atoms with E-state index in [1.165, 1.54) is 12.8 Å². The lowest BCUT2D eigenvalue weighted by Gasteiger charge is -2.45. The highest BCUT2D eigenvalue weighted by molar-refractivity contribution is 5.73. The van der Waals surface area contributed by atoms with E-state index < -0.39 is 12.1 Å². The number of rotatable bonds is 4. The Morgan fingerprint density at radius 3 is 2.52 bits per heavy atom. The maximum Gasteiger partial charge on any atom is 0.490 e. The Kier molecular flexibility index (Phi) is 7.94. The third-order valence-corrected chi connectivity index (χ3v) is 5.25. The number of halogens is 3. The Balaban J connectivity index is 0.000000423.